The summed E-state index contributed by atoms with van der Waals surface area (Å²) in [7, 11) is 0. The van der Waals surface area contributed by atoms with Gasteiger partial charge in [-0.1, -0.05) is 60.4 Å². The highest BCUT2D eigenvalue weighted by Gasteiger charge is 2.33. The third kappa shape index (κ3) is 5.55. The van der Waals surface area contributed by atoms with Crippen LogP contribution in [-0.2, 0) is 14.4 Å². The van der Waals surface area contributed by atoms with Gasteiger partial charge in [0, 0.05) is 5.69 Å². The lowest BCUT2D eigenvalue weighted by Crippen LogP contribution is -2.42. The van der Waals surface area contributed by atoms with Crippen LogP contribution in [0.3, 0.4) is 0 Å². The summed E-state index contributed by atoms with van der Waals surface area (Å²) >= 11 is 6.40. The smallest absolute Gasteiger partial charge is 0.266 e. The van der Waals surface area contributed by atoms with Gasteiger partial charge in [-0.25, -0.2) is 0 Å². The summed E-state index contributed by atoms with van der Waals surface area (Å²) in [5.74, 6) is -1.12. The molecule has 2 aromatic rings. The molecule has 0 spiro atoms. The van der Waals surface area contributed by atoms with Crippen LogP contribution in [0.1, 0.15) is 16.7 Å². The van der Waals surface area contributed by atoms with E-state index in [0.717, 1.165) is 28.5 Å². The molecule has 0 bridgehead atoms. The van der Waals surface area contributed by atoms with Crippen LogP contribution in [0.4, 0.5) is 5.69 Å². The van der Waals surface area contributed by atoms with Gasteiger partial charge in [-0.15, -0.1) is 0 Å². The number of anilines is 1. The molecule has 0 radical (unpaired) electrons. The first-order chi connectivity index (χ1) is 14.3. The van der Waals surface area contributed by atoms with Crippen LogP contribution in [0.15, 0.2) is 53.4 Å². The number of hydrogen-bond donors (Lipinski definition) is 2. The zero-order valence-electron chi connectivity index (χ0n) is 16.6. The molecular weight excluding hydrogens is 418 g/mol. The number of hydrogen-bond acceptors (Lipinski definition) is 5. The standard InChI is InChI=1S/C22H21N3O3S2/c1-14-8-9-17(10-15(14)2)24-19(26)12-23-20(27)13-25-21(28)18(30-22(25)29)11-16-6-4-3-5-7-16/h3-11H,12-13H2,1-2H3,(H,23,27)(H,24,26)/b18-11+. The second-order valence-corrected chi connectivity index (χ2v) is 8.48. The monoisotopic (exact) mass is 439 g/mol. The Hall–Kier alpha value is -2.97. The predicted octanol–water partition coefficient (Wildman–Crippen LogP) is 3.26. The van der Waals surface area contributed by atoms with Crippen molar-refractivity contribution in [1.82, 2.24) is 10.2 Å². The van der Waals surface area contributed by atoms with E-state index in [2.05, 4.69) is 10.6 Å². The molecule has 1 aliphatic rings. The van der Waals surface area contributed by atoms with Gasteiger partial charge in [-0.05, 0) is 48.7 Å². The van der Waals surface area contributed by atoms with Crippen LogP contribution in [0.2, 0.25) is 0 Å². The van der Waals surface area contributed by atoms with Gasteiger partial charge in [-0.2, -0.15) is 0 Å². The SMILES string of the molecule is Cc1ccc(NC(=O)CNC(=O)CN2C(=O)/C(=C\c3ccccc3)SC2=S)cc1C. The highest BCUT2D eigenvalue weighted by molar-refractivity contribution is 8.26. The number of amides is 3. The molecule has 2 aromatic carbocycles. The highest BCUT2D eigenvalue weighted by Crippen LogP contribution is 2.32. The molecule has 0 aliphatic carbocycles. The third-order valence-electron chi connectivity index (χ3n) is 4.51. The zero-order chi connectivity index (χ0) is 21.7. The van der Waals surface area contributed by atoms with E-state index < -0.39 is 5.91 Å². The molecule has 1 fully saturated rings. The van der Waals surface area contributed by atoms with Crippen molar-refractivity contribution in [2.45, 2.75) is 13.8 Å². The summed E-state index contributed by atoms with van der Waals surface area (Å²) in [5.41, 5.74) is 3.74. The topological polar surface area (TPSA) is 78.5 Å². The molecule has 3 amide bonds. The van der Waals surface area contributed by atoms with Gasteiger partial charge in [0.15, 0.2) is 0 Å². The molecule has 0 saturated carbocycles. The number of thioether (sulfide) groups is 1. The lowest BCUT2D eigenvalue weighted by Gasteiger charge is -2.14. The lowest BCUT2D eigenvalue weighted by molar-refractivity contribution is -0.129. The number of rotatable bonds is 6. The first-order valence-electron chi connectivity index (χ1n) is 9.27. The number of thiocarbonyl (C=S) groups is 1. The van der Waals surface area contributed by atoms with E-state index in [1.165, 1.54) is 4.90 Å². The molecule has 8 heteroatoms. The fourth-order valence-electron chi connectivity index (χ4n) is 2.74. The third-order valence-corrected chi connectivity index (χ3v) is 5.89. The second kappa shape index (κ2) is 9.69. The van der Waals surface area contributed by atoms with Crippen LogP contribution in [-0.4, -0.2) is 40.0 Å². The Balaban J connectivity index is 1.52. The Morgan fingerprint density at radius 2 is 1.80 bits per heavy atom. The number of benzene rings is 2. The molecule has 1 aliphatic heterocycles. The molecule has 1 heterocycles. The molecular formula is C22H21N3O3S2. The molecule has 0 unspecified atom stereocenters. The van der Waals surface area contributed by atoms with Gasteiger partial charge in [0.2, 0.25) is 11.8 Å². The molecule has 2 N–H and O–H groups in total. The minimum atomic E-state index is -0.456. The Labute approximate surface area is 184 Å². The Morgan fingerprint density at radius 1 is 1.07 bits per heavy atom. The van der Waals surface area contributed by atoms with Crippen molar-refractivity contribution in [3.63, 3.8) is 0 Å². The van der Waals surface area contributed by atoms with Crippen LogP contribution in [0.25, 0.3) is 6.08 Å². The Bertz CT molecular complexity index is 1040. The largest absolute Gasteiger partial charge is 0.345 e. The molecule has 0 atom stereocenters. The van der Waals surface area contributed by atoms with E-state index >= 15 is 0 Å². The van der Waals surface area contributed by atoms with Crippen molar-refractivity contribution in [1.29, 1.82) is 0 Å². The quantitative estimate of drug-likeness (QED) is 0.534. The second-order valence-electron chi connectivity index (χ2n) is 6.80. The average Bonchev–Trinajstić information content (AvgIpc) is 2.97. The summed E-state index contributed by atoms with van der Waals surface area (Å²) in [5, 5.41) is 5.27. The van der Waals surface area contributed by atoms with E-state index in [1.54, 1.807) is 12.1 Å². The maximum Gasteiger partial charge on any atom is 0.266 e. The van der Waals surface area contributed by atoms with Crippen molar-refractivity contribution in [3.05, 3.63) is 70.1 Å². The molecule has 3 rings (SSSR count). The predicted molar refractivity (Wildman–Crippen MR) is 124 cm³/mol. The maximum absolute atomic E-state index is 12.6. The highest BCUT2D eigenvalue weighted by atomic mass is 32.2. The maximum atomic E-state index is 12.6. The van der Waals surface area contributed by atoms with Crippen LogP contribution in [0.5, 0.6) is 0 Å². The Kier molecular flexibility index (Phi) is 7.02. The normalized spacial score (nSPS) is 14.9. The number of carbonyl (C=O) groups excluding carboxylic acids is 3. The van der Waals surface area contributed by atoms with Gasteiger partial charge in [-0.3, -0.25) is 19.3 Å². The van der Waals surface area contributed by atoms with Crippen molar-refractivity contribution in [2.24, 2.45) is 0 Å². The van der Waals surface area contributed by atoms with Crippen LogP contribution >= 0.6 is 24.0 Å². The van der Waals surface area contributed by atoms with E-state index in [-0.39, 0.29) is 24.9 Å². The van der Waals surface area contributed by atoms with E-state index in [0.29, 0.717) is 14.9 Å². The minimum Gasteiger partial charge on any atom is -0.345 e. The first kappa shape index (κ1) is 21.7. The first-order valence-corrected chi connectivity index (χ1v) is 10.5. The fourth-order valence-corrected chi connectivity index (χ4v) is 3.99. The van der Waals surface area contributed by atoms with Gasteiger partial charge >= 0.3 is 0 Å². The molecule has 1 saturated heterocycles. The molecule has 30 heavy (non-hydrogen) atoms. The van der Waals surface area contributed by atoms with Gasteiger partial charge in [0.05, 0.1) is 11.4 Å². The van der Waals surface area contributed by atoms with E-state index in [1.807, 2.05) is 56.3 Å². The number of nitrogens with zero attached hydrogens (tertiary/aromatic N) is 1. The van der Waals surface area contributed by atoms with Gasteiger partial charge < -0.3 is 10.6 Å². The summed E-state index contributed by atoms with van der Waals surface area (Å²) < 4.78 is 0.317. The van der Waals surface area contributed by atoms with E-state index in [4.69, 9.17) is 12.2 Å². The Morgan fingerprint density at radius 3 is 2.50 bits per heavy atom. The van der Waals surface area contributed by atoms with Gasteiger partial charge in [0.1, 0.15) is 10.9 Å². The van der Waals surface area contributed by atoms with E-state index in [9.17, 15) is 14.4 Å². The molecule has 0 aromatic heterocycles. The van der Waals surface area contributed by atoms with Crippen LogP contribution < -0.4 is 10.6 Å². The fraction of sp³-hybridized carbons (Fsp3) is 0.182. The zero-order valence-corrected chi connectivity index (χ0v) is 18.2. The summed E-state index contributed by atoms with van der Waals surface area (Å²) in [4.78, 5) is 38.6. The minimum absolute atomic E-state index is 0.194. The average molecular weight is 440 g/mol. The van der Waals surface area contributed by atoms with Crippen molar-refractivity contribution >= 4 is 57.8 Å². The number of aryl methyl sites for hydroxylation is 2. The van der Waals surface area contributed by atoms with Crippen molar-refractivity contribution < 1.29 is 14.4 Å². The number of nitrogens with one attached hydrogen (secondary N) is 2. The van der Waals surface area contributed by atoms with Crippen LogP contribution in [0, 0.1) is 13.8 Å². The van der Waals surface area contributed by atoms with Gasteiger partial charge in [0.25, 0.3) is 5.91 Å². The van der Waals surface area contributed by atoms with Crippen molar-refractivity contribution in [3.8, 4) is 0 Å². The summed E-state index contributed by atoms with van der Waals surface area (Å²) in [6.45, 7) is 3.53. The molecule has 6 nitrogen and oxygen atoms in total. The van der Waals surface area contributed by atoms with Crippen molar-refractivity contribution in [2.75, 3.05) is 18.4 Å². The summed E-state index contributed by atoms with van der Waals surface area (Å²) in [6.07, 6.45) is 1.74. The summed E-state index contributed by atoms with van der Waals surface area (Å²) in [6, 6.07) is 15.0. The molecule has 154 valence electrons. The lowest BCUT2D eigenvalue weighted by atomic mass is 10.1. The number of carbonyl (C=O) groups is 3.